The maximum atomic E-state index is 2.31. The monoisotopic (exact) mass is 212 g/mol. The number of hydrogen-bond donors (Lipinski definition) is 0. The molecule has 0 bridgehead atoms. The van der Waals surface area contributed by atoms with Gasteiger partial charge in [-0.05, 0) is 12.5 Å². The van der Waals surface area contributed by atoms with Gasteiger partial charge in [-0.1, -0.05) is 30.3 Å². The molecule has 1 heteroatoms. The van der Waals surface area contributed by atoms with Gasteiger partial charge in [0.05, 0.1) is 0 Å². The molecule has 1 nitrogen and oxygen atoms in total. The third kappa shape index (κ3) is 2.13. The Kier molecular flexibility index (Phi) is 3.04. The van der Waals surface area contributed by atoms with Crippen LogP contribution >= 0.6 is 0 Å². The summed E-state index contributed by atoms with van der Waals surface area (Å²) in [7, 11) is 0. The van der Waals surface area contributed by atoms with Crippen molar-refractivity contribution in [2.45, 2.75) is 26.8 Å². The van der Waals surface area contributed by atoms with E-state index in [0.717, 1.165) is 0 Å². The average molecular weight is 212 g/mol. The van der Waals surface area contributed by atoms with Gasteiger partial charge >= 0.3 is 0 Å². The minimum absolute atomic E-state index is 0.391. The molecule has 1 unspecified atom stereocenters. The van der Waals surface area contributed by atoms with Crippen molar-refractivity contribution in [3.05, 3.63) is 65.5 Å². The Morgan fingerprint density at radius 2 is 1.69 bits per heavy atom. The smallest absolute Gasteiger partial charge is 0.181 e. The Balaban J connectivity index is 2.38. The van der Waals surface area contributed by atoms with Gasteiger partial charge < -0.3 is 0 Å². The molecule has 0 radical (unpaired) electrons. The van der Waals surface area contributed by atoms with E-state index in [2.05, 4.69) is 74.0 Å². The lowest BCUT2D eigenvalue weighted by Gasteiger charge is -2.09. The summed E-state index contributed by atoms with van der Waals surface area (Å²) in [6.07, 6.45) is 2.17. The van der Waals surface area contributed by atoms with Crippen molar-refractivity contribution in [3.8, 4) is 0 Å². The molecule has 1 aromatic carbocycles. The normalized spacial score (nSPS) is 12.4. The van der Waals surface area contributed by atoms with Gasteiger partial charge in [0, 0.05) is 31.5 Å². The Morgan fingerprint density at radius 3 is 2.31 bits per heavy atom. The summed E-state index contributed by atoms with van der Waals surface area (Å²) >= 11 is 0. The fourth-order valence-corrected chi connectivity index (χ4v) is 2.09. The van der Waals surface area contributed by atoms with Gasteiger partial charge in [-0.25, -0.2) is 0 Å². The van der Waals surface area contributed by atoms with Crippen LogP contribution < -0.4 is 4.57 Å². The van der Waals surface area contributed by atoms with Crippen LogP contribution in [0.15, 0.2) is 48.7 Å². The van der Waals surface area contributed by atoms with Crippen LogP contribution in [0.25, 0.3) is 0 Å². The lowest BCUT2D eigenvalue weighted by atomic mass is 10.1. The molecule has 0 aliphatic rings. The van der Waals surface area contributed by atoms with E-state index in [-0.39, 0.29) is 0 Å². The van der Waals surface area contributed by atoms with Crippen molar-refractivity contribution >= 4 is 0 Å². The first-order valence-corrected chi connectivity index (χ1v) is 5.72. The number of hydrogen-bond acceptors (Lipinski definition) is 0. The van der Waals surface area contributed by atoms with Crippen LogP contribution in [0.3, 0.4) is 0 Å². The molecule has 0 fully saturated rings. The van der Waals surface area contributed by atoms with E-state index in [1.165, 1.54) is 16.8 Å². The summed E-state index contributed by atoms with van der Waals surface area (Å²) in [5, 5.41) is 0. The third-order valence-corrected chi connectivity index (χ3v) is 3.04. The first-order chi connectivity index (χ1) is 7.68. The standard InChI is InChI=1S/C15H18N/c1-12-9-10-16(13(2)11-12)14(3)15-7-5-4-6-8-15/h4-11,14H,1-3H3/q+1. The topological polar surface area (TPSA) is 3.88 Å². The summed E-state index contributed by atoms with van der Waals surface area (Å²) in [6.45, 7) is 6.52. The summed E-state index contributed by atoms with van der Waals surface area (Å²) in [4.78, 5) is 0. The molecule has 0 aliphatic carbocycles. The molecular weight excluding hydrogens is 194 g/mol. The van der Waals surface area contributed by atoms with Crippen molar-refractivity contribution in [1.29, 1.82) is 0 Å². The van der Waals surface area contributed by atoms with Crippen molar-refractivity contribution in [3.63, 3.8) is 0 Å². The van der Waals surface area contributed by atoms with E-state index < -0.39 is 0 Å². The molecule has 1 heterocycles. The number of aryl methyl sites for hydroxylation is 2. The van der Waals surface area contributed by atoms with Crippen LogP contribution in [0.4, 0.5) is 0 Å². The lowest BCUT2D eigenvalue weighted by molar-refractivity contribution is -0.716. The minimum Gasteiger partial charge on any atom is -0.196 e. The molecule has 16 heavy (non-hydrogen) atoms. The van der Waals surface area contributed by atoms with Crippen LogP contribution in [0.5, 0.6) is 0 Å². The van der Waals surface area contributed by atoms with Gasteiger partial charge in [-0.2, -0.15) is 4.57 Å². The van der Waals surface area contributed by atoms with Crippen LogP contribution in [0.1, 0.15) is 29.8 Å². The Morgan fingerprint density at radius 1 is 1.00 bits per heavy atom. The van der Waals surface area contributed by atoms with E-state index >= 15 is 0 Å². The molecule has 0 saturated heterocycles. The second kappa shape index (κ2) is 4.48. The van der Waals surface area contributed by atoms with E-state index in [0.29, 0.717) is 6.04 Å². The maximum Gasteiger partial charge on any atom is 0.181 e. The number of benzene rings is 1. The first-order valence-electron chi connectivity index (χ1n) is 5.72. The predicted molar refractivity (Wildman–Crippen MR) is 66.4 cm³/mol. The van der Waals surface area contributed by atoms with Crippen molar-refractivity contribution < 1.29 is 4.57 Å². The van der Waals surface area contributed by atoms with Gasteiger partial charge in [0.25, 0.3) is 0 Å². The average Bonchev–Trinajstić information content (AvgIpc) is 2.29. The zero-order valence-corrected chi connectivity index (χ0v) is 10.1. The predicted octanol–water partition coefficient (Wildman–Crippen LogP) is 3.20. The maximum absolute atomic E-state index is 2.31. The van der Waals surface area contributed by atoms with Gasteiger partial charge in [-0.15, -0.1) is 0 Å². The van der Waals surface area contributed by atoms with E-state index in [4.69, 9.17) is 0 Å². The number of pyridine rings is 1. The van der Waals surface area contributed by atoms with Crippen LogP contribution in [0.2, 0.25) is 0 Å². The van der Waals surface area contributed by atoms with Crippen molar-refractivity contribution in [2.75, 3.05) is 0 Å². The van der Waals surface area contributed by atoms with Crippen molar-refractivity contribution in [2.24, 2.45) is 0 Å². The number of aromatic nitrogens is 1. The van der Waals surface area contributed by atoms with E-state index in [1.54, 1.807) is 0 Å². The molecule has 1 atom stereocenters. The van der Waals surface area contributed by atoms with Crippen LogP contribution in [0, 0.1) is 13.8 Å². The molecule has 0 N–H and O–H groups in total. The van der Waals surface area contributed by atoms with Gasteiger partial charge in [0.15, 0.2) is 17.9 Å². The molecule has 0 aliphatic heterocycles. The second-order valence-corrected chi connectivity index (χ2v) is 4.34. The molecule has 1 aromatic heterocycles. The SMILES string of the molecule is Cc1cc[n+](C(C)c2ccccc2)c(C)c1. The highest BCUT2D eigenvalue weighted by Gasteiger charge is 2.16. The summed E-state index contributed by atoms with van der Waals surface area (Å²) in [5.41, 5.74) is 3.96. The molecule has 2 rings (SSSR count). The molecular formula is C15H18N+. The highest BCUT2D eigenvalue weighted by Crippen LogP contribution is 2.12. The quantitative estimate of drug-likeness (QED) is 0.673. The fourth-order valence-electron chi connectivity index (χ4n) is 2.09. The minimum atomic E-state index is 0.391. The number of rotatable bonds is 2. The fraction of sp³-hybridized carbons (Fsp3) is 0.267. The zero-order chi connectivity index (χ0) is 11.5. The van der Waals surface area contributed by atoms with Gasteiger partial charge in [-0.3, -0.25) is 0 Å². The van der Waals surface area contributed by atoms with Gasteiger partial charge in [0.2, 0.25) is 0 Å². The van der Waals surface area contributed by atoms with Gasteiger partial charge in [0.1, 0.15) is 0 Å². The highest BCUT2D eigenvalue weighted by atomic mass is 15.0. The molecule has 0 saturated carbocycles. The van der Waals surface area contributed by atoms with E-state index in [9.17, 15) is 0 Å². The first kappa shape index (κ1) is 10.9. The largest absolute Gasteiger partial charge is 0.196 e. The second-order valence-electron chi connectivity index (χ2n) is 4.34. The molecule has 82 valence electrons. The molecule has 2 aromatic rings. The summed E-state index contributed by atoms with van der Waals surface area (Å²) in [6, 6.07) is 15.4. The molecule has 0 spiro atoms. The lowest BCUT2D eigenvalue weighted by Crippen LogP contribution is -2.41. The summed E-state index contributed by atoms with van der Waals surface area (Å²) < 4.78 is 2.31. The van der Waals surface area contributed by atoms with Crippen LogP contribution in [-0.4, -0.2) is 0 Å². The summed E-state index contributed by atoms with van der Waals surface area (Å²) in [5.74, 6) is 0. The van der Waals surface area contributed by atoms with Crippen molar-refractivity contribution in [1.82, 2.24) is 0 Å². The Bertz CT molecular complexity index is 474. The van der Waals surface area contributed by atoms with E-state index in [1.807, 2.05) is 0 Å². The highest BCUT2D eigenvalue weighted by molar-refractivity contribution is 5.17. The third-order valence-electron chi connectivity index (χ3n) is 3.04. The van der Waals surface area contributed by atoms with Crippen LogP contribution in [-0.2, 0) is 0 Å². The molecule has 0 amide bonds. The Hall–Kier alpha value is -1.63. The zero-order valence-electron chi connectivity index (χ0n) is 10.1. The Labute approximate surface area is 97.4 Å². The number of nitrogens with zero attached hydrogens (tertiary/aromatic N) is 1.